The molecular weight excluding hydrogens is 272 g/mol. The maximum absolute atomic E-state index is 11.9. The summed E-state index contributed by atoms with van der Waals surface area (Å²) in [6.45, 7) is 2.67. The van der Waals surface area contributed by atoms with Gasteiger partial charge < -0.3 is 9.88 Å². The molecule has 2 aromatic heterocycles. The Morgan fingerprint density at radius 3 is 3.15 bits per heavy atom. The predicted molar refractivity (Wildman–Crippen MR) is 79.8 cm³/mol. The normalized spacial score (nSPS) is 10.8. The first-order valence-electron chi connectivity index (χ1n) is 6.33. The molecule has 2 heterocycles. The Balaban J connectivity index is 1.65. The van der Waals surface area contributed by atoms with Gasteiger partial charge in [-0.3, -0.25) is 4.79 Å². The van der Waals surface area contributed by atoms with E-state index in [-0.39, 0.29) is 5.91 Å². The smallest absolute Gasteiger partial charge is 0.227 e. The van der Waals surface area contributed by atoms with Gasteiger partial charge in [0.05, 0.1) is 16.5 Å². The third-order valence-electron chi connectivity index (χ3n) is 2.95. The zero-order valence-corrected chi connectivity index (χ0v) is 11.9. The number of carbonyl (C=O) groups is 1. The van der Waals surface area contributed by atoms with Gasteiger partial charge >= 0.3 is 0 Å². The molecule has 0 fully saturated rings. The topological polar surface area (TPSA) is 59.8 Å². The van der Waals surface area contributed by atoms with E-state index in [9.17, 15) is 4.79 Å². The highest BCUT2D eigenvalue weighted by molar-refractivity contribution is 7.22. The number of imidazole rings is 1. The van der Waals surface area contributed by atoms with Gasteiger partial charge in [-0.05, 0) is 24.6 Å². The minimum Gasteiger partial charge on any atom is -0.337 e. The third-order valence-corrected chi connectivity index (χ3v) is 3.88. The molecule has 6 heteroatoms. The molecule has 102 valence electrons. The van der Waals surface area contributed by atoms with E-state index in [0.717, 1.165) is 10.2 Å². The summed E-state index contributed by atoms with van der Waals surface area (Å²) in [6, 6.07) is 6.07. The van der Waals surface area contributed by atoms with Gasteiger partial charge in [-0.1, -0.05) is 17.4 Å². The molecule has 0 aliphatic carbocycles. The molecule has 0 aliphatic rings. The van der Waals surface area contributed by atoms with Crippen LogP contribution in [0.3, 0.4) is 0 Å². The zero-order chi connectivity index (χ0) is 13.9. The third kappa shape index (κ3) is 2.85. The van der Waals surface area contributed by atoms with Crippen molar-refractivity contribution < 1.29 is 4.79 Å². The average molecular weight is 286 g/mol. The number of aryl methyl sites for hydroxylation is 2. The molecule has 3 aromatic rings. The highest BCUT2D eigenvalue weighted by atomic mass is 32.1. The SMILES string of the molecule is Cc1ccc2nc(NC(=O)CCn3ccnc3)sc2c1. The second-order valence-electron chi connectivity index (χ2n) is 4.59. The molecule has 1 amide bonds. The number of amides is 1. The maximum Gasteiger partial charge on any atom is 0.227 e. The number of anilines is 1. The number of benzene rings is 1. The number of aromatic nitrogens is 3. The van der Waals surface area contributed by atoms with E-state index in [1.165, 1.54) is 16.9 Å². The first kappa shape index (κ1) is 12.8. The van der Waals surface area contributed by atoms with Crippen molar-refractivity contribution in [3.05, 3.63) is 42.5 Å². The first-order valence-corrected chi connectivity index (χ1v) is 7.15. The predicted octanol–water partition coefficient (Wildman–Crippen LogP) is 2.83. The number of thiazole rings is 1. The minimum absolute atomic E-state index is 0.0329. The highest BCUT2D eigenvalue weighted by Gasteiger charge is 2.08. The Kier molecular flexibility index (Phi) is 3.47. The summed E-state index contributed by atoms with van der Waals surface area (Å²) < 4.78 is 2.97. The van der Waals surface area contributed by atoms with Gasteiger partial charge in [0.15, 0.2) is 5.13 Å². The van der Waals surface area contributed by atoms with Crippen molar-refractivity contribution in [2.45, 2.75) is 19.9 Å². The van der Waals surface area contributed by atoms with Crippen LogP contribution in [0.4, 0.5) is 5.13 Å². The van der Waals surface area contributed by atoms with Gasteiger partial charge in [0.2, 0.25) is 5.91 Å². The Labute approximate surface area is 120 Å². The van der Waals surface area contributed by atoms with Crippen molar-refractivity contribution in [2.24, 2.45) is 0 Å². The molecule has 0 saturated heterocycles. The molecule has 0 unspecified atom stereocenters. The van der Waals surface area contributed by atoms with Crippen molar-refractivity contribution in [1.29, 1.82) is 0 Å². The van der Waals surface area contributed by atoms with Crippen molar-refractivity contribution in [2.75, 3.05) is 5.32 Å². The number of hydrogen-bond donors (Lipinski definition) is 1. The van der Waals surface area contributed by atoms with E-state index in [2.05, 4.69) is 21.4 Å². The molecule has 0 spiro atoms. The van der Waals surface area contributed by atoms with Crippen LogP contribution in [0.2, 0.25) is 0 Å². The molecule has 1 N–H and O–H groups in total. The number of carbonyl (C=O) groups excluding carboxylic acids is 1. The number of fused-ring (bicyclic) bond motifs is 1. The van der Waals surface area contributed by atoms with E-state index in [4.69, 9.17) is 0 Å². The fourth-order valence-electron chi connectivity index (χ4n) is 1.92. The lowest BCUT2D eigenvalue weighted by Gasteiger charge is -2.02. The van der Waals surface area contributed by atoms with Gasteiger partial charge in [-0.2, -0.15) is 0 Å². The first-order chi connectivity index (χ1) is 9.70. The molecular formula is C14H14N4OS. The quantitative estimate of drug-likeness (QED) is 0.802. The lowest BCUT2D eigenvalue weighted by molar-refractivity contribution is -0.116. The molecule has 3 rings (SSSR count). The van der Waals surface area contributed by atoms with Crippen molar-refractivity contribution in [3.8, 4) is 0 Å². The standard InChI is InChI=1S/C14H14N4OS/c1-10-2-3-11-12(8-10)20-14(16-11)17-13(19)4-6-18-7-5-15-9-18/h2-3,5,7-9H,4,6H2,1H3,(H,16,17,19). The molecule has 0 atom stereocenters. The molecule has 0 aliphatic heterocycles. The summed E-state index contributed by atoms with van der Waals surface area (Å²) in [6.07, 6.45) is 5.65. The Morgan fingerprint density at radius 1 is 1.45 bits per heavy atom. The highest BCUT2D eigenvalue weighted by Crippen LogP contribution is 2.26. The van der Waals surface area contributed by atoms with E-state index >= 15 is 0 Å². The number of hydrogen-bond acceptors (Lipinski definition) is 4. The minimum atomic E-state index is -0.0329. The van der Waals surface area contributed by atoms with Gasteiger partial charge in [0.25, 0.3) is 0 Å². The van der Waals surface area contributed by atoms with Gasteiger partial charge in [0.1, 0.15) is 0 Å². The maximum atomic E-state index is 11.9. The van der Waals surface area contributed by atoms with Crippen LogP contribution in [-0.4, -0.2) is 20.4 Å². The van der Waals surface area contributed by atoms with Gasteiger partial charge in [-0.25, -0.2) is 9.97 Å². The molecule has 0 radical (unpaired) electrons. The van der Waals surface area contributed by atoms with Crippen LogP contribution in [0.25, 0.3) is 10.2 Å². The Bertz CT molecular complexity index is 733. The Hall–Kier alpha value is -2.21. The van der Waals surface area contributed by atoms with Crippen molar-refractivity contribution >= 4 is 32.6 Å². The van der Waals surface area contributed by atoms with Gasteiger partial charge in [-0.15, -0.1) is 0 Å². The van der Waals surface area contributed by atoms with Crippen LogP contribution in [0.15, 0.2) is 36.9 Å². The molecule has 0 saturated carbocycles. The average Bonchev–Trinajstić information content (AvgIpc) is 3.04. The van der Waals surface area contributed by atoms with Crippen LogP contribution >= 0.6 is 11.3 Å². The lowest BCUT2D eigenvalue weighted by Crippen LogP contribution is -2.13. The van der Waals surface area contributed by atoms with Crippen LogP contribution in [0, 0.1) is 6.92 Å². The summed E-state index contributed by atoms with van der Waals surface area (Å²) in [5.41, 5.74) is 2.12. The Morgan fingerprint density at radius 2 is 2.35 bits per heavy atom. The number of rotatable bonds is 4. The van der Waals surface area contributed by atoms with E-state index in [1.807, 2.05) is 29.8 Å². The van der Waals surface area contributed by atoms with Gasteiger partial charge in [0, 0.05) is 25.4 Å². The fraction of sp³-hybridized carbons (Fsp3) is 0.214. The lowest BCUT2D eigenvalue weighted by atomic mass is 10.2. The van der Waals surface area contributed by atoms with Crippen LogP contribution in [0.1, 0.15) is 12.0 Å². The van der Waals surface area contributed by atoms with E-state index in [0.29, 0.717) is 18.1 Å². The van der Waals surface area contributed by atoms with Crippen molar-refractivity contribution in [1.82, 2.24) is 14.5 Å². The molecule has 20 heavy (non-hydrogen) atoms. The second kappa shape index (κ2) is 5.42. The van der Waals surface area contributed by atoms with E-state index in [1.54, 1.807) is 12.5 Å². The molecule has 5 nitrogen and oxygen atoms in total. The monoisotopic (exact) mass is 286 g/mol. The molecule has 0 bridgehead atoms. The van der Waals surface area contributed by atoms with Crippen LogP contribution in [0.5, 0.6) is 0 Å². The van der Waals surface area contributed by atoms with Crippen molar-refractivity contribution in [3.63, 3.8) is 0 Å². The molecule has 1 aromatic carbocycles. The number of nitrogens with one attached hydrogen (secondary N) is 1. The van der Waals surface area contributed by atoms with Crippen LogP contribution < -0.4 is 5.32 Å². The largest absolute Gasteiger partial charge is 0.337 e. The summed E-state index contributed by atoms with van der Waals surface area (Å²) in [5.74, 6) is -0.0329. The number of nitrogens with zero attached hydrogens (tertiary/aromatic N) is 3. The summed E-state index contributed by atoms with van der Waals surface area (Å²) in [4.78, 5) is 20.2. The second-order valence-corrected chi connectivity index (χ2v) is 5.62. The zero-order valence-electron chi connectivity index (χ0n) is 11.0. The summed E-state index contributed by atoms with van der Waals surface area (Å²) >= 11 is 1.50. The fourth-order valence-corrected chi connectivity index (χ4v) is 2.90. The summed E-state index contributed by atoms with van der Waals surface area (Å²) in [7, 11) is 0. The summed E-state index contributed by atoms with van der Waals surface area (Å²) in [5, 5.41) is 3.50. The van der Waals surface area contributed by atoms with Crippen LogP contribution in [-0.2, 0) is 11.3 Å². The van der Waals surface area contributed by atoms with E-state index < -0.39 is 0 Å².